The van der Waals surface area contributed by atoms with E-state index in [0.717, 1.165) is 0 Å². The molecule has 0 aliphatic carbocycles. The average Bonchev–Trinajstić information content (AvgIpc) is 1.25. The quantitative estimate of drug-likeness (QED) is 0.346. The fourth-order valence-electron chi connectivity index (χ4n) is 0. The van der Waals surface area contributed by atoms with E-state index < -0.39 is 12.3 Å². The third kappa shape index (κ3) is 1660. The van der Waals surface area contributed by atoms with Gasteiger partial charge in [0.25, 0.3) is 0 Å². The van der Waals surface area contributed by atoms with Gasteiger partial charge in [-0.25, -0.2) is 0 Å². The summed E-state index contributed by atoms with van der Waals surface area (Å²) in [5.41, 5.74) is 0. The minimum absolute atomic E-state index is 0. The van der Waals surface area contributed by atoms with Crippen molar-refractivity contribution in [2.24, 2.45) is 0 Å². The molecule has 0 heterocycles. The first kappa shape index (κ1) is 22.4. The standard InChI is InChI=1S/2CH2O3.2Na/c2*2-1(3)4;;/h2*(H2,2,3,4);;/q;;2*+1/p-2. The van der Waals surface area contributed by atoms with Gasteiger partial charge >= 0.3 is 59.1 Å². The molecule has 0 rings (SSSR count). The zero-order chi connectivity index (χ0) is 7.15. The molecule has 0 unspecified atom stereocenters. The minimum atomic E-state index is -2.08. The molecule has 2 N–H and O–H groups in total. The minimum Gasteiger partial charge on any atom is -0.565 e. The predicted octanol–water partition coefficient (Wildman–Crippen LogP) is -8.22. The van der Waals surface area contributed by atoms with Crippen LogP contribution in [0.1, 0.15) is 0 Å². The number of rotatable bonds is 0. The Morgan fingerprint density at radius 3 is 0.900 bits per heavy atom. The zero-order valence-electron chi connectivity index (χ0n) is 5.53. The molecule has 0 saturated heterocycles. The molecule has 0 bridgehead atoms. The van der Waals surface area contributed by atoms with Gasteiger partial charge in [0.05, 0.1) is 0 Å². The molecule has 0 aromatic carbocycles. The summed E-state index contributed by atoms with van der Waals surface area (Å²) in [6.45, 7) is 0. The first-order chi connectivity index (χ1) is 3.46. The van der Waals surface area contributed by atoms with Crippen LogP contribution >= 0.6 is 0 Å². The average molecular weight is 168 g/mol. The van der Waals surface area contributed by atoms with Crippen LogP contribution in [0.4, 0.5) is 9.59 Å². The van der Waals surface area contributed by atoms with E-state index in [0.29, 0.717) is 0 Å². The molecule has 0 aromatic heterocycles. The maximum atomic E-state index is 8.44. The zero-order valence-corrected chi connectivity index (χ0v) is 9.53. The van der Waals surface area contributed by atoms with Gasteiger partial charge in [0, 0.05) is 0 Å². The molecule has 10 heavy (non-hydrogen) atoms. The van der Waals surface area contributed by atoms with Crippen molar-refractivity contribution in [3.8, 4) is 0 Å². The number of carbonyl (C=O) groups is 2. The van der Waals surface area contributed by atoms with Gasteiger partial charge in [-0.15, -0.1) is 0 Å². The van der Waals surface area contributed by atoms with E-state index >= 15 is 0 Å². The van der Waals surface area contributed by atoms with E-state index in [-0.39, 0.29) is 59.1 Å². The van der Waals surface area contributed by atoms with Crippen LogP contribution in [0.25, 0.3) is 0 Å². The van der Waals surface area contributed by atoms with Gasteiger partial charge < -0.3 is 30.0 Å². The van der Waals surface area contributed by atoms with Gasteiger partial charge in [-0.1, -0.05) is 0 Å². The molecule has 0 spiro atoms. The molecule has 0 radical (unpaired) electrons. The van der Waals surface area contributed by atoms with Crippen LogP contribution < -0.4 is 69.3 Å². The third-order valence-corrected chi connectivity index (χ3v) is 0. The molecule has 0 aromatic rings. The van der Waals surface area contributed by atoms with Gasteiger partial charge in [0.1, 0.15) is 0 Å². The summed E-state index contributed by atoms with van der Waals surface area (Å²) < 4.78 is 0. The van der Waals surface area contributed by atoms with Gasteiger partial charge in [0.2, 0.25) is 12.3 Å². The van der Waals surface area contributed by atoms with Crippen LogP contribution in [-0.2, 0) is 0 Å². The van der Waals surface area contributed by atoms with Crippen molar-refractivity contribution >= 4 is 12.3 Å². The summed E-state index contributed by atoms with van der Waals surface area (Å²) in [5, 5.41) is 30.6. The molecule has 8 heteroatoms. The van der Waals surface area contributed by atoms with Gasteiger partial charge in [0.15, 0.2) is 0 Å². The smallest absolute Gasteiger partial charge is 0.565 e. The van der Waals surface area contributed by atoms with Gasteiger partial charge in [-0.2, -0.15) is 0 Å². The van der Waals surface area contributed by atoms with E-state index in [4.69, 9.17) is 30.0 Å². The Hall–Kier alpha value is 0.540. The normalized spacial score (nSPS) is 4.80. The first-order valence-corrected chi connectivity index (χ1v) is 1.26. The van der Waals surface area contributed by atoms with Crippen LogP contribution in [-0.4, -0.2) is 22.5 Å². The largest absolute Gasteiger partial charge is 1.00 e. The van der Waals surface area contributed by atoms with Gasteiger partial charge in [-0.05, 0) is 0 Å². The molecule has 0 amide bonds. The predicted molar refractivity (Wildman–Crippen MR) is 16.0 cm³/mol. The van der Waals surface area contributed by atoms with E-state index in [9.17, 15) is 0 Å². The Morgan fingerprint density at radius 1 is 0.900 bits per heavy atom. The topological polar surface area (TPSA) is 121 Å². The fourth-order valence-corrected chi connectivity index (χ4v) is 0. The molecule has 6 nitrogen and oxygen atoms in total. The Balaban J connectivity index is -0.0000000300. The second-order valence-corrected chi connectivity index (χ2v) is 0.532. The van der Waals surface area contributed by atoms with E-state index in [1.54, 1.807) is 0 Å². The second-order valence-electron chi connectivity index (χ2n) is 0.532. The molecule has 0 aliphatic heterocycles. The molecule has 48 valence electrons. The van der Waals surface area contributed by atoms with Crippen LogP contribution in [0.2, 0.25) is 0 Å². The van der Waals surface area contributed by atoms with Crippen LogP contribution in [0.3, 0.4) is 0 Å². The summed E-state index contributed by atoms with van der Waals surface area (Å²) in [6, 6.07) is 0. The molecule has 0 saturated carbocycles. The third-order valence-electron chi connectivity index (χ3n) is 0. The van der Waals surface area contributed by atoms with Crippen LogP contribution in [0.15, 0.2) is 0 Å². The first-order valence-electron chi connectivity index (χ1n) is 1.26. The monoisotopic (exact) mass is 168 g/mol. The summed E-state index contributed by atoms with van der Waals surface area (Å²) >= 11 is 0. The number of hydrogen-bond acceptors (Lipinski definition) is 4. The van der Waals surface area contributed by atoms with Crippen molar-refractivity contribution < 1.29 is 89.1 Å². The fraction of sp³-hybridized carbons (Fsp3) is 0. The van der Waals surface area contributed by atoms with Crippen molar-refractivity contribution in [2.75, 3.05) is 0 Å². The number of hydrogen-bond donors (Lipinski definition) is 2. The van der Waals surface area contributed by atoms with Crippen LogP contribution in [0.5, 0.6) is 0 Å². The van der Waals surface area contributed by atoms with E-state index in [2.05, 4.69) is 0 Å². The Labute approximate surface area is 100 Å². The summed E-state index contributed by atoms with van der Waals surface area (Å²) in [5.74, 6) is 0. The van der Waals surface area contributed by atoms with E-state index in [1.165, 1.54) is 0 Å². The maximum Gasteiger partial charge on any atom is 1.00 e. The van der Waals surface area contributed by atoms with Crippen molar-refractivity contribution in [1.29, 1.82) is 0 Å². The molecule has 0 aliphatic rings. The summed E-state index contributed by atoms with van der Waals surface area (Å²) in [4.78, 5) is 16.9. The molecular formula is C2H2Na2O6. The van der Waals surface area contributed by atoms with Crippen molar-refractivity contribution in [1.82, 2.24) is 0 Å². The summed E-state index contributed by atoms with van der Waals surface area (Å²) in [6.07, 6.45) is -4.17. The Morgan fingerprint density at radius 2 is 0.900 bits per heavy atom. The SMILES string of the molecule is O=C([O-])O.O=C([O-])O.[Na+].[Na+]. The van der Waals surface area contributed by atoms with Crippen molar-refractivity contribution in [3.63, 3.8) is 0 Å². The molecule has 0 atom stereocenters. The number of carboxylic acid groups (broad SMARTS) is 4. The maximum absolute atomic E-state index is 8.44. The van der Waals surface area contributed by atoms with Crippen molar-refractivity contribution in [3.05, 3.63) is 0 Å². The molecule has 0 fully saturated rings. The Bertz CT molecular complexity index is 71.7. The summed E-state index contributed by atoms with van der Waals surface area (Å²) in [7, 11) is 0. The van der Waals surface area contributed by atoms with E-state index in [1.807, 2.05) is 0 Å². The second kappa shape index (κ2) is 16.3. The Kier molecular flexibility index (Phi) is 36.5. The van der Waals surface area contributed by atoms with Gasteiger partial charge in [-0.3, -0.25) is 0 Å². The molecular weight excluding hydrogens is 166 g/mol. The van der Waals surface area contributed by atoms with Crippen LogP contribution in [0, 0.1) is 0 Å². The van der Waals surface area contributed by atoms with Crippen molar-refractivity contribution in [2.45, 2.75) is 0 Å².